The molecule has 4 aliphatic rings. The zero-order valence-electron chi connectivity index (χ0n) is 26.2. The van der Waals surface area contributed by atoms with E-state index in [-0.39, 0.29) is 17.5 Å². The molecule has 0 aromatic carbocycles. The number of piperidine rings is 2. The van der Waals surface area contributed by atoms with Gasteiger partial charge in [0.1, 0.15) is 11.8 Å². The Kier molecular flexibility index (Phi) is 9.74. The monoisotopic (exact) mass is 578 g/mol. The highest BCUT2D eigenvalue weighted by atomic mass is 16.5. The van der Waals surface area contributed by atoms with Gasteiger partial charge in [0.05, 0.1) is 17.3 Å². The molecule has 3 amide bonds. The van der Waals surface area contributed by atoms with Crippen molar-refractivity contribution in [2.45, 2.75) is 103 Å². The number of hydrogen-bond donors (Lipinski definition) is 0. The van der Waals surface area contributed by atoms with Crippen LogP contribution in [-0.4, -0.2) is 107 Å². The third-order valence-corrected chi connectivity index (χ3v) is 10.5. The fourth-order valence-corrected chi connectivity index (χ4v) is 7.82. The molecular formula is C33H50N6O3. The highest BCUT2D eigenvalue weighted by molar-refractivity contribution is 5.96. The lowest BCUT2D eigenvalue weighted by Crippen LogP contribution is -2.58. The predicted octanol–water partition coefficient (Wildman–Crippen LogP) is 4.75. The van der Waals surface area contributed by atoms with E-state index in [4.69, 9.17) is 4.74 Å². The van der Waals surface area contributed by atoms with E-state index in [2.05, 4.69) is 39.6 Å². The molecule has 0 bridgehead atoms. The fraction of sp³-hybridized carbons (Fsp3) is 0.758. The van der Waals surface area contributed by atoms with Crippen molar-refractivity contribution in [3.05, 3.63) is 28.6 Å². The Hall–Kier alpha value is -2.70. The van der Waals surface area contributed by atoms with Crippen LogP contribution >= 0.6 is 0 Å². The van der Waals surface area contributed by atoms with E-state index in [1.54, 1.807) is 6.07 Å². The average Bonchev–Trinajstić information content (AvgIpc) is 3.30. The number of aromatic nitrogens is 1. The van der Waals surface area contributed by atoms with E-state index >= 15 is 0 Å². The molecule has 9 nitrogen and oxygen atoms in total. The van der Waals surface area contributed by atoms with Crippen LogP contribution in [0, 0.1) is 31.1 Å². The van der Waals surface area contributed by atoms with Gasteiger partial charge in [-0.15, -0.1) is 0 Å². The van der Waals surface area contributed by atoms with Crippen molar-refractivity contribution in [3.63, 3.8) is 0 Å². The second kappa shape index (κ2) is 13.3. The van der Waals surface area contributed by atoms with Gasteiger partial charge in [-0.05, 0) is 83.3 Å². The summed E-state index contributed by atoms with van der Waals surface area (Å²) in [6.45, 7) is 15.2. The standard InChI is InChI=1S/C33H50N6O3/c1-5-6-7-29-23-37(22-26-10-18-42-19-11-26)32(41)39(29)28-8-14-38(15-9-28)33(4)12-16-36(17-13-33)31(40)30-24(2)20-27(21-34)35-25(30)3/h20,26,28-29H,5-19,22-23H2,1-4H3. The molecule has 42 heavy (non-hydrogen) atoms. The highest BCUT2D eigenvalue weighted by Gasteiger charge is 2.45. The van der Waals surface area contributed by atoms with Crippen molar-refractivity contribution in [2.75, 3.05) is 52.5 Å². The summed E-state index contributed by atoms with van der Waals surface area (Å²) in [6, 6.07) is 4.71. The molecule has 1 aromatic rings. The summed E-state index contributed by atoms with van der Waals surface area (Å²) in [7, 11) is 0. The second-order valence-corrected chi connectivity index (χ2v) is 13.4. The number of nitrogens with zero attached hydrogens (tertiary/aromatic N) is 6. The maximum atomic E-state index is 13.7. The van der Waals surface area contributed by atoms with Crippen molar-refractivity contribution >= 4 is 11.9 Å². The number of amides is 3. The van der Waals surface area contributed by atoms with Gasteiger partial charge < -0.3 is 19.4 Å². The largest absolute Gasteiger partial charge is 0.381 e. The minimum Gasteiger partial charge on any atom is -0.381 e. The maximum Gasteiger partial charge on any atom is 0.320 e. The van der Waals surface area contributed by atoms with Crippen LogP contribution in [0.15, 0.2) is 6.07 Å². The summed E-state index contributed by atoms with van der Waals surface area (Å²) < 4.78 is 5.55. The van der Waals surface area contributed by atoms with Crippen LogP contribution in [0.3, 0.4) is 0 Å². The van der Waals surface area contributed by atoms with Crippen molar-refractivity contribution < 1.29 is 14.3 Å². The number of nitriles is 1. The summed E-state index contributed by atoms with van der Waals surface area (Å²) >= 11 is 0. The van der Waals surface area contributed by atoms with Crippen molar-refractivity contribution in [2.24, 2.45) is 5.92 Å². The third kappa shape index (κ3) is 6.45. The first-order valence-electron chi connectivity index (χ1n) is 16.3. The van der Waals surface area contributed by atoms with Gasteiger partial charge in [-0.2, -0.15) is 5.26 Å². The van der Waals surface area contributed by atoms with Crippen molar-refractivity contribution in [3.8, 4) is 6.07 Å². The van der Waals surface area contributed by atoms with Crippen LogP contribution in [0.4, 0.5) is 4.79 Å². The average molecular weight is 579 g/mol. The number of rotatable bonds is 8. The molecule has 5 heterocycles. The quantitative estimate of drug-likeness (QED) is 0.442. The highest BCUT2D eigenvalue weighted by Crippen LogP contribution is 2.35. The van der Waals surface area contributed by atoms with Crippen LogP contribution in [0.1, 0.15) is 98.9 Å². The summed E-state index contributed by atoms with van der Waals surface area (Å²) in [4.78, 5) is 40.6. The normalized spacial score (nSPS) is 24.3. The fourth-order valence-electron chi connectivity index (χ4n) is 7.82. The summed E-state index contributed by atoms with van der Waals surface area (Å²) in [5.41, 5.74) is 2.50. The maximum absolute atomic E-state index is 13.7. The second-order valence-electron chi connectivity index (χ2n) is 13.4. The van der Waals surface area contributed by atoms with E-state index in [1.807, 2.05) is 18.7 Å². The smallest absolute Gasteiger partial charge is 0.320 e. The van der Waals surface area contributed by atoms with E-state index in [0.717, 1.165) is 109 Å². The molecule has 0 radical (unpaired) electrons. The minimum absolute atomic E-state index is 0.0266. The Morgan fingerprint density at radius 1 is 1.12 bits per heavy atom. The molecule has 0 saturated carbocycles. The van der Waals surface area contributed by atoms with E-state index in [1.165, 1.54) is 6.42 Å². The van der Waals surface area contributed by atoms with Crippen LogP contribution in [0.25, 0.3) is 0 Å². The first-order chi connectivity index (χ1) is 20.2. The lowest BCUT2D eigenvalue weighted by atomic mass is 9.85. The van der Waals surface area contributed by atoms with Crippen LogP contribution < -0.4 is 0 Å². The number of hydrogen-bond acceptors (Lipinski definition) is 6. The van der Waals surface area contributed by atoms with Crippen LogP contribution in [0.5, 0.6) is 0 Å². The molecule has 4 saturated heterocycles. The Morgan fingerprint density at radius 2 is 1.81 bits per heavy atom. The topological polar surface area (TPSA) is 93.0 Å². The molecule has 1 aromatic heterocycles. The predicted molar refractivity (Wildman–Crippen MR) is 162 cm³/mol. The lowest BCUT2D eigenvalue weighted by Gasteiger charge is -2.50. The first-order valence-corrected chi connectivity index (χ1v) is 16.3. The molecule has 230 valence electrons. The Morgan fingerprint density at radius 3 is 2.43 bits per heavy atom. The molecule has 4 aliphatic heterocycles. The first kappa shape index (κ1) is 30.7. The summed E-state index contributed by atoms with van der Waals surface area (Å²) in [5, 5.41) is 9.22. The third-order valence-electron chi connectivity index (χ3n) is 10.5. The Labute approximate surface area is 252 Å². The number of likely N-dealkylation sites (tertiary alicyclic amines) is 2. The molecule has 0 N–H and O–H groups in total. The molecule has 0 spiro atoms. The van der Waals surface area contributed by atoms with Gasteiger partial charge >= 0.3 is 6.03 Å². The van der Waals surface area contributed by atoms with Gasteiger partial charge in [0, 0.05) is 64.1 Å². The van der Waals surface area contributed by atoms with Gasteiger partial charge in [0.25, 0.3) is 5.91 Å². The van der Waals surface area contributed by atoms with Crippen LogP contribution in [0.2, 0.25) is 0 Å². The zero-order chi connectivity index (χ0) is 29.9. The van der Waals surface area contributed by atoms with Gasteiger partial charge in [0.15, 0.2) is 0 Å². The number of ether oxygens (including phenoxy) is 1. The minimum atomic E-state index is 0.0266. The number of pyridine rings is 1. The summed E-state index contributed by atoms with van der Waals surface area (Å²) in [6.07, 6.45) is 9.47. The number of carbonyl (C=O) groups excluding carboxylic acids is 2. The van der Waals surface area contributed by atoms with Gasteiger partial charge in [-0.25, -0.2) is 9.78 Å². The summed E-state index contributed by atoms with van der Waals surface area (Å²) in [5.74, 6) is 0.591. The van der Waals surface area contributed by atoms with Crippen LogP contribution in [-0.2, 0) is 4.74 Å². The van der Waals surface area contributed by atoms with Gasteiger partial charge in [0.2, 0.25) is 0 Å². The van der Waals surface area contributed by atoms with Crippen molar-refractivity contribution in [1.82, 2.24) is 24.6 Å². The number of aryl methyl sites for hydroxylation is 2. The molecule has 9 heteroatoms. The Bertz CT molecular complexity index is 1140. The number of urea groups is 1. The molecule has 4 fully saturated rings. The molecular weight excluding hydrogens is 528 g/mol. The molecule has 0 aliphatic carbocycles. The SMILES string of the molecule is CCCCC1CN(CC2CCOCC2)C(=O)N1C1CCN(C2(C)CCN(C(=O)c3c(C)cc(C#N)nc3C)CC2)CC1. The molecule has 1 atom stereocenters. The van der Waals surface area contributed by atoms with Gasteiger partial charge in [-0.3, -0.25) is 9.69 Å². The van der Waals surface area contributed by atoms with E-state index in [9.17, 15) is 14.9 Å². The number of unbranched alkanes of at least 4 members (excludes halogenated alkanes) is 1. The van der Waals surface area contributed by atoms with Gasteiger partial charge in [-0.1, -0.05) is 19.8 Å². The molecule has 5 rings (SSSR count). The zero-order valence-corrected chi connectivity index (χ0v) is 26.2. The molecule has 1 unspecified atom stereocenters. The Balaban J connectivity index is 1.17. The van der Waals surface area contributed by atoms with E-state index in [0.29, 0.717) is 35.0 Å². The van der Waals surface area contributed by atoms with Crippen molar-refractivity contribution in [1.29, 1.82) is 5.26 Å². The number of carbonyl (C=O) groups is 2. The lowest BCUT2D eigenvalue weighted by molar-refractivity contribution is 0.00463. The van der Waals surface area contributed by atoms with E-state index < -0.39 is 0 Å².